The molecule has 2 fully saturated rings. The topological polar surface area (TPSA) is 35.6 Å². The summed E-state index contributed by atoms with van der Waals surface area (Å²) in [6.45, 7) is 6.53. The maximum Gasteiger partial charge on any atom is 0.237 e. The van der Waals surface area contributed by atoms with Gasteiger partial charge in [0, 0.05) is 38.8 Å². The van der Waals surface area contributed by atoms with Gasteiger partial charge in [-0.3, -0.25) is 14.6 Å². The monoisotopic (exact) mass is 305 g/mol. The van der Waals surface area contributed by atoms with Crippen LogP contribution in [-0.2, 0) is 11.3 Å². The lowest BCUT2D eigenvalue weighted by atomic mass is 10.1. The summed E-state index contributed by atoms with van der Waals surface area (Å²) in [5, 5.41) is 3.08. The van der Waals surface area contributed by atoms with Gasteiger partial charge in [0.15, 0.2) is 0 Å². The average molecular weight is 305 g/mol. The quantitative estimate of drug-likeness (QED) is 0.898. The molecule has 1 aromatic carbocycles. The van der Waals surface area contributed by atoms with Gasteiger partial charge in [-0.25, -0.2) is 4.39 Å². The van der Waals surface area contributed by atoms with Crippen molar-refractivity contribution in [2.45, 2.75) is 38.4 Å². The Kier molecular flexibility index (Phi) is 4.74. The molecule has 1 N–H and O–H groups in total. The maximum atomic E-state index is 12.9. The van der Waals surface area contributed by atoms with Gasteiger partial charge >= 0.3 is 0 Å². The summed E-state index contributed by atoms with van der Waals surface area (Å²) in [6.07, 6.45) is 2.26. The fourth-order valence-electron chi connectivity index (χ4n) is 2.87. The van der Waals surface area contributed by atoms with Crippen molar-refractivity contribution >= 4 is 5.91 Å². The molecule has 1 saturated heterocycles. The van der Waals surface area contributed by atoms with Crippen LogP contribution in [-0.4, -0.2) is 54.0 Å². The van der Waals surface area contributed by atoms with Gasteiger partial charge in [-0.15, -0.1) is 0 Å². The average Bonchev–Trinajstić information content (AvgIpc) is 3.33. The van der Waals surface area contributed by atoms with E-state index in [0.29, 0.717) is 6.04 Å². The van der Waals surface area contributed by atoms with Crippen molar-refractivity contribution in [2.24, 2.45) is 0 Å². The molecule has 0 spiro atoms. The SMILES string of the molecule is CC(C(=O)NC1CC1)N1CCN(Cc2ccc(F)cc2)CC1. The molecule has 1 saturated carbocycles. The molecule has 5 heteroatoms. The largest absolute Gasteiger partial charge is 0.352 e. The summed E-state index contributed by atoms with van der Waals surface area (Å²) in [5.41, 5.74) is 1.13. The summed E-state index contributed by atoms with van der Waals surface area (Å²) in [4.78, 5) is 16.7. The van der Waals surface area contributed by atoms with Crippen LogP contribution in [0.5, 0.6) is 0 Å². The van der Waals surface area contributed by atoms with Crippen LogP contribution >= 0.6 is 0 Å². The molecule has 0 radical (unpaired) electrons. The summed E-state index contributed by atoms with van der Waals surface area (Å²) < 4.78 is 12.9. The van der Waals surface area contributed by atoms with Crippen LogP contribution < -0.4 is 5.32 Å². The fourth-order valence-corrected chi connectivity index (χ4v) is 2.87. The zero-order valence-electron chi connectivity index (χ0n) is 13.1. The zero-order chi connectivity index (χ0) is 15.5. The van der Waals surface area contributed by atoms with Crippen molar-refractivity contribution in [3.8, 4) is 0 Å². The fraction of sp³-hybridized carbons (Fsp3) is 0.588. The Morgan fingerprint density at radius 1 is 1.23 bits per heavy atom. The predicted molar refractivity (Wildman–Crippen MR) is 83.9 cm³/mol. The van der Waals surface area contributed by atoms with Crippen molar-refractivity contribution < 1.29 is 9.18 Å². The molecule has 1 aromatic rings. The number of hydrogen-bond acceptors (Lipinski definition) is 3. The molecule has 1 atom stereocenters. The van der Waals surface area contributed by atoms with Crippen LogP contribution in [0.25, 0.3) is 0 Å². The van der Waals surface area contributed by atoms with Gasteiger partial charge in [0.2, 0.25) is 5.91 Å². The van der Waals surface area contributed by atoms with Crippen LogP contribution in [0, 0.1) is 5.82 Å². The number of rotatable bonds is 5. The molecule has 22 heavy (non-hydrogen) atoms. The van der Waals surface area contributed by atoms with Gasteiger partial charge < -0.3 is 5.32 Å². The molecule has 0 bridgehead atoms. The lowest BCUT2D eigenvalue weighted by Crippen LogP contribution is -2.53. The third-order valence-corrected chi connectivity index (χ3v) is 4.58. The van der Waals surface area contributed by atoms with Gasteiger partial charge in [0.25, 0.3) is 0 Å². The van der Waals surface area contributed by atoms with E-state index in [1.807, 2.05) is 19.1 Å². The number of carbonyl (C=O) groups is 1. The summed E-state index contributed by atoms with van der Waals surface area (Å²) in [5.74, 6) is -0.0291. The highest BCUT2D eigenvalue weighted by atomic mass is 19.1. The summed E-state index contributed by atoms with van der Waals surface area (Å²) in [6, 6.07) is 7.08. The molecule has 2 aliphatic rings. The first-order valence-corrected chi connectivity index (χ1v) is 8.13. The molecule has 1 aliphatic heterocycles. The van der Waals surface area contributed by atoms with Crippen molar-refractivity contribution in [1.82, 2.24) is 15.1 Å². The Labute approximate surface area is 131 Å². The Bertz CT molecular complexity index is 507. The number of nitrogens with zero attached hydrogens (tertiary/aromatic N) is 2. The Hall–Kier alpha value is -1.46. The van der Waals surface area contributed by atoms with Crippen LogP contribution in [0.2, 0.25) is 0 Å². The van der Waals surface area contributed by atoms with Gasteiger partial charge in [0.1, 0.15) is 5.82 Å². The highest BCUT2D eigenvalue weighted by Crippen LogP contribution is 2.19. The van der Waals surface area contributed by atoms with Gasteiger partial charge in [-0.2, -0.15) is 0 Å². The molecule has 1 unspecified atom stereocenters. The van der Waals surface area contributed by atoms with Crippen molar-refractivity contribution in [2.75, 3.05) is 26.2 Å². The molecule has 1 amide bonds. The molecule has 1 heterocycles. The van der Waals surface area contributed by atoms with Crippen molar-refractivity contribution in [3.63, 3.8) is 0 Å². The standard InChI is InChI=1S/C17H24FN3O/c1-13(17(22)19-16-6-7-16)21-10-8-20(9-11-21)12-14-2-4-15(18)5-3-14/h2-5,13,16H,6-12H2,1H3,(H,19,22). The Balaban J connectivity index is 1.45. The van der Waals surface area contributed by atoms with Gasteiger partial charge in [0.05, 0.1) is 6.04 Å². The molecule has 4 nitrogen and oxygen atoms in total. The molecular weight excluding hydrogens is 281 g/mol. The number of halogens is 1. The molecular formula is C17H24FN3O. The van der Waals surface area contributed by atoms with Gasteiger partial charge in [-0.1, -0.05) is 12.1 Å². The smallest absolute Gasteiger partial charge is 0.237 e. The molecule has 120 valence electrons. The minimum atomic E-state index is -0.191. The predicted octanol–water partition coefficient (Wildman–Crippen LogP) is 1.61. The van der Waals surface area contributed by atoms with Crippen LogP contribution in [0.15, 0.2) is 24.3 Å². The third kappa shape index (κ3) is 4.05. The first-order chi connectivity index (χ1) is 10.6. The first kappa shape index (κ1) is 15.4. The maximum absolute atomic E-state index is 12.9. The van der Waals surface area contributed by atoms with E-state index in [2.05, 4.69) is 15.1 Å². The lowest BCUT2D eigenvalue weighted by molar-refractivity contribution is -0.126. The van der Waals surface area contributed by atoms with Crippen LogP contribution in [0.1, 0.15) is 25.3 Å². The number of carbonyl (C=O) groups excluding carboxylic acids is 1. The lowest BCUT2D eigenvalue weighted by Gasteiger charge is -2.37. The van der Waals surface area contributed by atoms with E-state index in [-0.39, 0.29) is 17.8 Å². The van der Waals surface area contributed by atoms with E-state index < -0.39 is 0 Å². The van der Waals surface area contributed by atoms with Crippen LogP contribution in [0.3, 0.4) is 0 Å². The van der Waals surface area contributed by atoms with E-state index in [0.717, 1.165) is 51.1 Å². The third-order valence-electron chi connectivity index (χ3n) is 4.58. The number of nitrogens with one attached hydrogen (secondary N) is 1. The number of amides is 1. The minimum Gasteiger partial charge on any atom is -0.352 e. The van der Waals surface area contributed by atoms with E-state index in [9.17, 15) is 9.18 Å². The van der Waals surface area contributed by atoms with E-state index in [4.69, 9.17) is 0 Å². The number of hydrogen-bond donors (Lipinski definition) is 1. The second-order valence-corrected chi connectivity index (χ2v) is 6.40. The van der Waals surface area contributed by atoms with Crippen molar-refractivity contribution in [1.29, 1.82) is 0 Å². The highest BCUT2D eigenvalue weighted by Gasteiger charge is 2.29. The van der Waals surface area contributed by atoms with E-state index >= 15 is 0 Å². The highest BCUT2D eigenvalue weighted by molar-refractivity contribution is 5.81. The summed E-state index contributed by atoms with van der Waals surface area (Å²) >= 11 is 0. The van der Waals surface area contributed by atoms with Crippen LogP contribution in [0.4, 0.5) is 4.39 Å². The van der Waals surface area contributed by atoms with E-state index in [1.165, 1.54) is 12.1 Å². The number of benzene rings is 1. The first-order valence-electron chi connectivity index (χ1n) is 8.13. The molecule has 1 aliphatic carbocycles. The minimum absolute atomic E-state index is 0.0476. The normalized spacial score (nSPS) is 21.5. The Morgan fingerprint density at radius 3 is 2.45 bits per heavy atom. The Morgan fingerprint density at radius 2 is 1.86 bits per heavy atom. The zero-order valence-corrected chi connectivity index (χ0v) is 13.1. The number of piperazine rings is 1. The summed E-state index contributed by atoms with van der Waals surface area (Å²) in [7, 11) is 0. The van der Waals surface area contributed by atoms with Gasteiger partial charge in [-0.05, 0) is 37.5 Å². The van der Waals surface area contributed by atoms with E-state index in [1.54, 1.807) is 0 Å². The second kappa shape index (κ2) is 6.75. The molecule has 3 rings (SSSR count). The van der Waals surface area contributed by atoms with Crippen molar-refractivity contribution in [3.05, 3.63) is 35.6 Å². The molecule has 0 aromatic heterocycles. The second-order valence-electron chi connectivity index (χ2n) is 6.40.